The molecule has 122 valence electrons. The Kier molecular flexibility index (Phi) is 6.63. The molecular formula is C19H22O4. The van der Waals surface area contributed by atoms with Crippen LogP contribution >= 0.6 is 0 Å². The monoisotopic (exact) mass is 314 g/mol. The highest BCUT2D eigenvalue weighted by molar-refractivity contribution is 5.97. The SMILES string of the molecule is COCCCOc1cc(CC(=O)c2ccccc2)ccc1OC. The van der Waals surface area contributed by atoms with Gasteiger partial charge in [-0.1, -0.05) is 36.4 Å². The van der Waals surface area contributed by atoms with Crippen LogP contribution in [0.4, 0.5) is 0 Å². The molecule has 4 nitrogen and oxygen atoms in total. The van der Waals surface area contributed by atoms with Crippen molar-refractivity contribution >= 4 is 5.78 Å². The topological polar surface area (TPSA) is 44.8 Å². The number of methoxy groups -OCH3 is 2. The van der Waals surface area contributed by atoms with Crippen LogP contribution in [0.25, 0.3) is 0 Å². The van der Waals surface area contributed by atoms with Crippen LogP contribution < -0.4 is 9.47 Å². The first kappa shape index (κ1) is 17.0. The van der Waals surface area contributed by atoms with Gasteiger partial charge in [-0.3, -0.25) is 4.79 Å². The van der Waals surface area contributed by atoms with E-state index in [1.54, 1.807) is 14.2 Å². The van der Waals surface area contributed by atoms with Gasteiger partial charge in [0.05, 0.1) is 13.7 Å². The van der Waals surface area contributed by atoms with E-state index in [2.05, 4.69) is 0 Å². The first-order valence-corrected chi connectivity index (χ1v) is 7.61. The van der Waals surface area contributed by atoms with Crippen molar-refractivity contribution in [3.05, 3.63) is 59.7 Å². The second-order valence-corrected chi connectivity index (χ2v) is 5.15. The minimum Gasteiger partial charge on any atom is -0.493 e. The average Bonchev–Trinajstić information content (AvgIpc) is 2.59. The molecule has 23 heavy (non-hydrogen) atoms. The summed E-state index contributed by atoms with van der Waals surface area (Å²) in [5, 5.41) is 0. The van der Waals surface area contributed by atoms with E-state index >= 15 is 0 Å². The molecule has 0 atom stereocenters. The lowest BCUT2D eigenvalue weighted by Crippen LogP contribution is -2.05. The number of carbonyl (C=O) groups is 1. The predicted octanol–water partition coefficient (Wildman–Crippen LogP) is 3.54. The third kappa shape index (κ3) is 5.11. The molecule has 2 rings (SSSR count). The Morgan fingerprint density at radius 1 is 0.957 bits per heavy atom. The molecule has 0 amide bonds. The Morgan fingerprint density at radius 3 is 2.43 bits per heavy atom. The maximum absolute atomic E-state index is 12.3. The van der Waals surface area contributed by atoms with E-state index in [0.29, 0.717) is 36.7 Å². The van der Waals surface area contributed by atoms with E-state index in [4.69, 9.17) is 14.2 Å². The van der Waals surface area contributed by atoms with E-state index in [1.165, 1.54) is 0 Å². The fourth-order valence-corrected chi connectivity index (χ4v) is 2.24. The molecule has 0 aliphatic rings. The fourth-order valence-electron chi connectivity index (χ4n) is 2.24. The molecule has 0 unspecified atom stereocenters. The highest BCUT2D eigenvalue weighted by atomic mass is 16.5. The van der Waals surface area contributed by atoms with Crippen molar-refractivity contribution < 1.29 is 19.0 Å². The zero-order valence-electron chi connectivity index (χ0n) is 13.6. The second kappa shape index (κ2) is 8.96. The third-order valence-electron chi connectivity index (χ3n) is 3.44. The molecule has 0 saturated carbocycles. The van der Waals surface area contributed by atoms with Crippen molar-refractivity contribution in [1.29, 1.82) is 0 Å². The maximum atomic E-state index is 12.3. The van der Waals surface area contributed by atoms with Crippen LogP contribution in [-0.4, -0.2) is 33.2 Å². The third-order valence-corrected chi connectivity index (χ3v) is 3.44. The van der Waals surface area contributed by atoms with Crippen LogP contribution in [-0.2, 0) is 11.2 Å². The van der Waals surface area contributed by atoms with Crippen LogP contribution in [0.1, 0.15) is 22.3 Å². The first-order chi connectivity index (χ1) is 11.2. The summed E-state index contributed by atoms with van der Waals surface area (Å²) in [5.41, 5.74) is 1.62. The summed E-state index contributed by atoms with van der Waals surface area (Å²) < 4.78 is 16.1. The Morgan fingerprint density at radius 2 is 1.74 bits per heavy atom. The number of benzene rings is 2. The minimum absolute atomic E-state index is 0.0844. The summed E-state index contributed by atoms with van der Waals surface area (Å²) >= 11 is 0. The average molecular weight is 314 g/mol. The van der Waals surface area contributed by atoms with Gasteiger partial charge in [-0.05, 0) is 17.7 Å². The molecular weight excluding hydrogens is 292 g/mol. The van der Waals surface area contributed by atoms with Crippen LogP contribution in [0.3, 0.4) is 0 Å². The number of Topliss-reactive ketones (excluding diaryl/α,β-unsaturated/α-hetero) is 1. The van der Waals surface area contributed by atoms with Gasteiger partial charge in [-0.2, -0.15) is 0 Å². The predicted molar refractivity (Wildman–Crippen MR) is 89.5 cm³/mol. The molecule has 0 N–H and O–H groups in total. The van der Waals surface area contributed by atoms with Gasteiger partial charge in [0.1, 0.15) is 0 Å². The fraction of sp³-hybridized carbons (Fsp3) is 0.316. The Balaban J connectivity index is 2.06. The van der Waals surface area contributed by atoms with Crippen molar-refractivity contribution in [2.45, 2.75) is 12.8 Å². The highest BCUT2D eigenvalue weighted by Gasteiger charge is 2.10. The smallest absolute Gasteiger partial charge is 0.167 e. The summed E-state index contributed by atoms with van der Waals surface area (Å²) in [7, 11) is 3.27. The number of carbonyl (C=O) groups excluding carboxylic acids is 1. The molecule has 2 aromatic carbocycles. The zero-order valence-corrected chi connectivity index (χ0v) is 13.6. The highest BCUT2D eigenvalue weighted by Crippen LogP contribution is 2.28. The molecule has 0 radical (unpaired) electrons. The molecule has 0 saturated heterocycles. The molecule has 0 heterocycles. The molecule has 0 aliphatic heterocycles. The molecule has 0 aromatic heterocycles. The molecule has 0 spiro atoms. The first-order valence-electron chi connectivity index (χ1n) is 7.61. The molecule has 2 aromatic rings. The van der Waals surface area contributed by atoms with E-state index in [0.717, 1.165) is 12.0 Å². The molecule has 0 bridgehead atoms. The van der Waals surface area contributed by atoms with E-state index in [9.17, 15) is 4.79 Å². The number of ketones is 1. The van der Waals surface area contributed by atoms with E-state index in [1.807, 2.05) is 48.5 Å². The van der Waals surface area contributed by atoms with Gasteiger partial charge in [-0.25, -0.2) is 0 Å². The number of ether oxygens (including phenoxy) is 3. The van der Waals surface area contributed by atoms with Crippen molar-refractivity contribution in [2.75, 3.05) is 27.4 Å². The minimum atomic E-state index is 0.0844. The normalized spacial score (nSPS) is 10.3. The van der Waals surface area contributed by atoms with Crippen LogP contribution in [0, 0.1) is 0 Å². The Bertz CT molecular complexity index is 623. The Labute approximate surface area is 137 Å². The van der Waals surface area contributed by atoms with E-state index in [-0.39, 0.29) is 5.78 Å². The van der Waals surface area contributed by atoms with Crippen molar-refractivity contribution in [3.63, 3.8) is 0 Å². The lowest BCUT2D eigenvalue weighted by molar-refractivity contribution is 0.0993. The van der Waals surface area contributed by atoms with Gasteiger partial charge in [0.2, 0.25) is 0 Å². The number of hydrogen-bond acceptors (Lipinski definition) is 4. The summed E-state index contributed by atoms with van der Waals surface area (Å²) in [6, 6.07) is 14.9. The number of rotatable bonds is 9. The van der Waals surface area contributed by atoms with Crippen LogP contribution in [0.15, 0.2) is 48.5 Å². The maximum Gasteiger partial charge on any atom is 0.167 e. The zero-order chi connectivity index (χ0) is 16.5. The van der Waals surface area contributed by atoms with Gasteiger partial charge in [-0.15, -0.1) is 0 Å². The number of hydrogen-bond donors (Lipinski definition) is 0. The van der Waals surface area contributed by atoms with Gasteiger partial charge in [0, 0.05) is 32.1 Å². The van der Waals surface area contributed by atoms with Crippen LogP contribution in [0.5, 0.6) is 11.5 Å². The lowest BCUT2D eigenvalue weighted by Gasteiger charge is -2.12. The lowest BCUT2D eigenvalue weighted by atomic mass is 10.0. The summed E-state index contributed by atoms with van der Waals surface area (Å²) in [5.74, 6) is 1.40. The summed E-state index contributed by atoms with van der Waals surface area (Å²) in [4.78, 5) is 12.3. The summed E-state index contributed by atoms with van der Waals surface area (Å²) in [6.45, 7) is 1.19. The van der Waals surface area contributed by atoms with Gasteiger partial charge in [0.25, 0.3) is 0 Å². The second-order valence-electron chi connectivity index (χ2n) is 5.15. The summed E-state index contributed by atoms with van der Waals surface area (Å²) in [6.07, 6.45) is 1.13. The van der Waals surface area contributed by atoms with Gasteiger partial charge >= 0.3 is 0 Å². The van der Waals surface area contributed by atoms with Gasteiger partial charge < -0.3 is 14.2 Å². The molecule has 4 heteroatoms. The van der Waals surface area contributed by atoms with Crippen molar-refractivity contribution in [3.8, 4) is 11.5 Å². The van der Waals surface area contributed by atoms with E-state index < -0.39 is 0 Å². The van der Waals surface area contributed by atoms with Gasteiger partial charge in [0.15, 0.2) is 17.3 Å². The Hall–Kier alpha value is -2.33. The molecule has 0 fully saturated rings. The standard InChI is InChI=1S/C19H22O4/c1-21-11-6-12-23-19-14-15(9-10-18(19)22-2)13-17(20)16-7-4-3-5-8-16/h3-5,7-10,14H,6,11-13H2,1-2H3. The molecule has 0 aliphatic carbocycles. The quantitative estimate of drug-likeness (QED) is 0.524. The largest absolute Gasteiger partial charge is 0.493 e. The van der Waals surface area contributed by atoms with Crippen molar-refractivity contribution in [2.24, 2.45) is 0 Å². The van der Waals surface area contributed by atoms with Crippen molar-refractivity contribution in [1.82, 2.24) is 0 Å². The van der Waals surface area contributed by atoms with Crippen LogP contribution in [0.2, 0.25) is 0 Å².